The minimum Gasteiger partial charge on any atom is -0.366 e. The first-order valence-corrected chi connectivity index (χ1v) is 3.81. The molecule has 0 unspecified atom stereocenters. The first kappa shape index (κ1) is 17.3. The summed E-state index contributed by atoms with van der Waals surface area (Å²) in [6.45, 7) is 5.96. The predicted octanol–water partition coefficient (Wildman–Crippen LogP) is -0.152. The zero-order chi connectivity index (χ0) is 10.4. The minimum absolute atomic E-state index is 0.481. The minimum atomic E-state index is -0.481. The molecule has 0 aromatic heterocycles. The van der Waals surface area contributed by atoms with Crippen molar-refractivity contribution in [1.82, 2.24) is 5.32 Å². The second-order valence-electron chi connectivity index (χ2n) is 1.90. The Morgan fingerprint density at radius 2 is 1.75 bits per heavy atom. The summed E-state index contributed by atoms with van der Waals surface area (Å²) in [7, 11) is 3.75. The first-order chi connectivity index (χ1) is 5.60. The van der Waals surface area contributed by atoms with Gasteiger partial charge in [-0.2, -0.15) is 0 Å². The molecule has 4 nitrogen and oxygen atoms in total. The number of carbonyl (C=O) groups excluding carboxylic acids is 1. The third-order valence-electron chi connectivity index (χ3n) is 0.490. The van der Waals surface area contributed by atoms with Gasteiger partial charge in [-0.25, -0.2) is 0 Å². The third-order valence-corrected chi connectivity index (χ3v) is 0.490. The Kier molecular flexibility index (Phi) is 32.4. The molecule has 0 aromatic rings. The molecule has 0 saturated heterocycles. The third kappa shape index (κ3) is 133. The van der Waals surface area contributed by atoms with E-state index >= 15 is 0 Å². The normalized spacial score (nSPS) is 6.67. The maximum atomic E-state index is 9.47. The fourth-order valence-electron chi connectivity index (χ4n) is 0. The first-order valence-electron chi connectivity index (χ1n) is 3.81. The molecule has 0 rings (SSSR count). The maximum Gasteiger partial charge on any atom is 0.240 e. The Hall–Kier alpha value is -0.870. The van der Waals surface area contributed by atoms with Crippen LogP contribution in [0.4, 0.5) is 0 Å². The Morgan fingerprint density at radius 3 is 1.75 bits per heavy atom. The molecule has 0 aliphatic heterocycles. The average molecular weight is 175 g/mol. The lowest BCUT2D eigenvalue weighted by Crippen LogP contribution is -2.04. The smallest absolute Gasteiger partial charge is 0.240 e. The molecule has 0 aromatic carbocycles. The van der Waals surface area contributed by atoms with E-state index in [0.717, 1.165) is 19.0 Å². The van der Waals surface area contributed by atoms with Gasteiger partial charge in [-0.05, 0) is 33.1 Å². The lowest BCUT2D eigenvalue weighted by Gasteiger charge is -1.70. The highest BCUT2D eigenvalue weighted by Gasteiger charge is 1.69. The standard InChI is InChI=1S/C3H5NO.C3H9N.C2H7N/c1-2-3(4)5;1-2-3-4;1-3-2/h2H,1H2,(H2,4,5);2-4H2,1H3;3H,1-2H3. The van der Waals surface area contributed by atoms with Crippen molar-refractivity contribution in [2.45, 2.75) is 13.3 Å². The molecule has 0 heterocycles. The molecule has 1 amide bonds. The van der Waals surface area contributed by atoms with Crippen molar-refractivity contribution in [2.24, 2.45) is 11.5 Å². The number of primary amides is 1. The Bertz CT molecular complexity index is 92.3. The fourth-order valence-corrected chi connectivity index (χ4v) is 0. The van der Waals surface area contributed by atoms with Crippen LogP contribution in [0.15, 0.2) is 12.7 Å². The van der Waals surface area contributed by atoms with Crippen molar-refractivity contribution >= 4 is 5.91 Å². The summed E-state index contributed by atoms with van der Waals surface area (Å²) in [6, 6.07) is 0. The van der Waals surface area contributed by atoms with Crippen molar-refractivity contribution in [2.75, 3.05) is 20.6 Å². The van der Waals surface area contributed by atoms with E-state index in [1.165, 1.54) is 0 Å². The van der Waals surface area contributed by atoms with Crippen LogP contribution in [0, 0.1) is 0 Å². The lowest BCUT2D eigenvalue weighted by molar-refractivity contribution is -0.113. The second kappa shape index (κ2) is 22.5. The van der Waals surface area contributed by atoms with Gasteiger partial charge in [0, 0.05) is 0 Å². The van der Waals surface area contributed by atoms with Crippen LogP contribution in [0.2, 0.25) is 0 Å². The molecule has 74 valence electrons. The molecule has 0 saturated carbocycles. The second-order valence-corrected chi connectivity index (χ2v) is 1.90. The summed E-state index contributed by atoms with van der Waals surface area (Å²) >= 11 is 0. The quantitative estimate of drug-likeness (QED) is 0.510. The van der Waals surface area contributed by atoms with Crippen molar-refractivity contribution < 1.29 is 4.79 Å². The number of hydrogen-bond donors (Lipinski definition) is 3. The number of nitrogens with one attached hydrogen (secondary N) is 1. The van der Waals surface area contributed by atoms with Crippen LogP contribution in [0.1, 0.15) is 13.3 Å². The summed E-state index contributed by atoms with van der Waals surface area (Å²) in [5, 5.41) is 2.75. The van der Waals surface area contributed by atoms with Crippen molar-refractivity contribution in [3.63, 3.8) is 0 Å². The highest BCUT2D eigenvalue weighted by Crippen LogP contribution is 1.57. The van der Waals surface area contributed by atoms with Gasteiger partial charge in [0.1, 0.15) is 0 Å². The van der Waals surface area contributed by atoms with E-state index in [9.17, 15) is 4.79 Å². The summed E-state index contributed by atoms with van der Waals surface area (Å²) < 4.78 is 0. The number of hydrogen-bond acceptors (Lipinski definition) is 3. The highest BCUT2D eigenvalue weighted by atomic mass is 16.1. The van der Waals surface area contributed by atoms with Crippen LogP contribution in [-0.4, -0.2) is 26.5 Å². The summed E-state index contributed by atoms with van der Waals surface area (Å²) in [6.07, 6.45) is 2.15. The summed E-state index contributed by atoms with van der Waals surface area (Å²) in [4.78, 5) is 9.47. The van der Waals surface area contributed by atoms with Crippen LogP contribution < -0.4 is 16.8 Å². The van der Waals surface area contributed by atoms with E-state index in [2.05, 4.69) is 24.6 Å². The summed E-state index contributed by atoms with van der Waals surface area (Å²) in [5.74, 6) is -0.481. The summed E-state index contributed by atoms with van der Waals surface area (Å²) in [5.41, 5.74) is 9.56. The zero-order valence-electron chi connectivity index (χ0n) is 8.26. The molecule has 4 heteroatoms. The van der Waals surface area contributed by atoms with Gasteiger partial charge in [0.25, 0.3) is 0 Å². The van der Waals surface area contributed by atoms with E-state index in [1.54, 1.807) is 0 Å². The van der Waals surface area contributed by atoms with Gasteiger partial charge in [-0.1, -0.05) is 13.5 Å². The predicted molar refractivity (Wildman–Crippen MR) is 53.7 cm³/mol. The van der Waals surface area contributed by atoms with Gasteiger partial charge >= 0.3 is 0 Å². The Morgan fingerprint density at radius 1 is 1.58 bits per heavy atom. The topological polar surface area (TPSA) is 81.1 Å². The van der Waals surface area contributed by atoms with E-state index in [1.807, 2.05) is 14.1 Å². The van der Waals surface area contributed by atoms with Crippen LogP contribution in [0.5, 0.6) is 0 Å². The molecule has 0 aliphatic rings. The highest BCUT2D eigenvalue weighted by molar-refractivity contribution is 5.84. The van der Waals surface area contributed by atoms with Crippen molar-refractivity contribution in [3.05, 3.63) is 12.7 Å². The number of amides is 1. The molecule has 0 aliphatic carbocycles. The van der Waals surface area contributed by atoms with Crippen molar-refractivity contribution in [3.8, 4) is 0 Å². The van der Waals surface area contributed by atoms with Gasteiger partial charge < -0.3 is 16.8 Å². The van der Waals surface area contributed by atoms with E-state index < -0.39 is 5.91 Å². The Labute approximate surface area is 75.0 Å². The van der Waals surface area contributed by atoms with Gasteiger partial charge in [0.15, 0.2) is 0 Å². The largest absolute Gasteiger partial charge is 0.366 e. The number of carbonyl (C=O) groups is 1. The maximum absolute atomic E-state index is 9.47. The van der Waals surface area contributed by atoms with Crippen LogP contribution in [0.25, 0.3) is 0 Å². The van der Waals surface area contributed by atoms with Gasteiger partial charge in [0.05, 0.1) is 0 Å². The van der Waals surface area contributed by atoms with Crippen LogP contribution >= 0.6 is 0 Å². The van der Waals surface area contributed by atoms with E-state index in [0.29, 0.717) is 0 Å². The number of nitrogens with two attached hydrogens (primary N) is 2. The molecule has 0 bridgehead atoms. The van der Waals surface area contributed by atoms with E-state index in [4.69, 9.17) is 5.73 Å². The SMILES string of the molecule is C=CC(N)=O.CCCN.CNC. The molecule has 0 fully saturated rings. The van der Waals surface area contributed by atoms with Gasteiger partial charge in [-0.15, -0.1) is 0 Å². The Balaban J connectivity index is -0.000000105. The fraction of sp³-hybridized carbons (Fsp3) is 0.625. The zero-order valence-corrected chi connectivity index (χ0v) is 8.26. The monoisotopic (exact) mass is 175 g/mol. The molecular weight excluding hydrogens is 154 g/mol. The number of rotatable bonds is 2. The van der Waals surface area contributed by atoms with Crippen LogP contribution in [-0.2, 0) is 4.79 Å². The van der Waals surface area contributed by atoms with E-state index in [-0.39, 0.29) is 0 Å². The molecule has 5 N–H and O–H groups in total. The van der Waals surface area contributed by atoms with Gasteiger partial charge in [-0.3, -0.25) is 4.79 Å². The molecule has 12 heavy (non-hydrogen) atoms. The van der Waals surface area contributed by atoms with Gasteiger partial charge in [0.2, 0.25) is 5.91 Å². The molecule has 0 atom stereocenters. The lowest BCUT2D eigenvalue weighted by atomic mass is 10.5. The molecule has 0 spiro atoms. The molecule has 0 radical (unpaired) electrons. The average Bonchev–Trinajstić information content (AvgIpc) is 2.06. The molecular formula is C8H21N3O. The van der Waals surface area contributed by atoms with Crippen molar-refractivity contribution in [1.29, 1.82) is 0 Å². The van der Waals surface area contributed by atoms with Crippen LogP contribution in [0.3, 0.4) is 0 Å².